The minimum Gasteiger partial charge on any atom is -0.478 e. The fourth-order valence-corrected chi connectivity index (χ4v) is 2.78. The Balaban J connectivity index is 2.35. The Labute approximate surface area is 122 Å². The van der Waals surface area contributed by atoms with Crippen LogP contribution in [0, 0.1) is 13.8 Å². The maximum Gasteiger partial charge on any atom is 0.335 e. The number of benzene rings is 1. The molecule has 1 aromatic carbocycles. The minimum atomic E-state index is -3.80. The van der Waals surface area contributed by atoms with Crippen molar-refractivity contribution in [3.63, 3.8) is 0 Å². The number of aromatic carboxylic acids is 1. The number of rotatable bonds is 4. The first kappa shape index (κ1) is 15.0. The Kier molecular flexibility index (Phi) is 3.95. The summed E-state index contributed by atoms with van der Waals surface area (Å²) in [6.07, 6.45) is 1.24. The van der Waals surface area contributed by atoms with Crippen LogP contribution in [0.2, 0.25) is 0 Å². The van der Waals surface area contributed by atoms with E-state index in [1.807, 2.05) is 13.8 Å². The molecule has 0 saturated carbocycles. The van der Waals surface area contributed by atoms with E-state index in [0.717, 1.165) is 11.1 Å². The zero-order valence-corrected chi connectivity index (χ0v) is 12.3. The van der Waals surface area contributed by atoms with Crippen LogP contribution in [-0.2, 0) is 10.0 Å². The van der Waals surface area contributed by atoms with Crippen molar-refractivity contribution in [2.24, 2.45) is 0 Å². The van der Waals surface area contributed by atoms with E-state index >= 15 is 0 Å². The molecule has 0 aliphatic heterocycles. The summed E-state index contributed by atoms with van der Waals surface area (Å²) in [4.78, 5) is 14.8. The van der Waals surface area contributed by atoms with Crippen molar-refractivity contribution in [2.45, 2.75) is 18.7 Å². The standard InChI is InChI=1S/C14H14N2O4S/c1-9-3-4-12(7-10(9)2)21(19,20)16-13-8-11(14(17)18)5-6-15-13/h3-8H,1-2H3,(H,15,16)(H,17,18). The van der Waals surface area contributed by atoms with E-state index < -0.39 is 16.0 Å². The lowest BCUT2D eigenvalue weighted by Crippen LogP contribution is -2.14. The van der Waals surface area contributed by atoms with E-state index in [-0.39, 0.29) is 16.3 Å². The van der Waals surface area contributed by atoms with Gasteiger partial charge in [-0.1, -0.05) is 6.07 Å². The van der Waals surface area contributed by atoms with Gasteiger partial charge < -0.3 is 5.11 Å². The largest absolute Gasteiger partial charge is 0.478 e. The third-order valence-electron chi connectivity index (χ3n) is 3.03. The second-order valence-electron chi connectivity index (χ2n) is 4.59. The summed E-state index contributed by atoms with van der Waals surface area (Å²) in [5.74, 6) is -1.18. The molecule has 21 heavy (non-hydrogen) atoms. The number of hydrogen-bond donors (Lipinski definition) is 2. The third-order valence-corrected chi connectivity index (χ3v) is 4.39. The Morgan fingerprint density at radius 1 is 1.14 bits per heavy atom. The minimum absolute atomic E-state index is 0.0341. The lowest BCUT2D eigenvalue weighted by molar-refractivity contribution is 0.0697. The number of aromatic nitrogens is 1. The lowest BCUT2D eigenvalue weighted by Gasteiger charge is -2.09. The van der Waals surface area contributed by atoms with Gasteiger partial charge in [0.25, 0.3) is 10.0 Å². The van der Waals surface area contributed by atoms with Crippen LogP contribution in [0.25, 0.3) is 0 Å². The molecule has 0 fully saturated rings. The van der Waals surface area contributed by atoms with Gasteiger partial charge in [-0.05, 0) is 49.2 Å². The second kappa shape index (κ2) is 5.53. The molecule has 0 amide bonds. The summed E-state index contributed by atoms with van der Waals surface area (Å²) >= 11 is 0. The summed E-state index contributed by atoms with van der Waals surface area (Å²) in [6.45, 7) is 3.70. The number of pyridine rings is 1. The number of carboxylic acids is 1. The summed E-state index contributed by atoms with van der Waals surface area (Å²) in [7, 11) is -3.80. The van der Waals surface area contributed by atoms with Crippen molar-refractivity contribution < 1.29 is 18.3 Å². The van der Waals surface area contributed by atoms with Crippen molar-refractivity contribution >= 4 is 21.8 Å². The number of sulfonamides is 1. The Hall–Kier alpha value is -2.41. The number of carbonyl (C=O) groups is 1. The highest BCUT2D eigenvalue weighted by molar-refractivity contribution is 7.92. The van der Waals surface area contributed by atoms with Gasteiger partial charge in [-0.15, -0.1) is 0 Å². The van der Waals surface area contributed by atoms with Crippen LogP contribution in [-0.4, -0.2) is 24.5 Å². The summed E-state index contributed by atoms with van der Waals surface area (Å²) < 4.78 is 26.8. The first-order valence-corrected chi connectivity index (χ1v) is 7.57. The van der Waals surface area contributed by atoms with Crippen LogP contribution in [0.4, 0.5) is 5.82 Å². The number of aryl methyl sites for hydroxylation is 2. The topological polar surface area (TPSA) is 96.4 Å². The molecule has 1 heterocycles. The molecule has 110 valence electrons. The van der Waals surface area contributed by atoms with Gasteiger partial charge in [-0.2, -0.15) is 0 Å². The zero-order valence-electron chi connectivity index (χ0n) is 11.5. The van der Waals surface area contributed by atoms with Crippen LogP contribution < -0.4 is 4.72 Å². The molecule has 0 radical (unpaired) electrons. The van der Waals surface area contributed by atoms with Gasteiger partial charge in [0, 0.05) is 6.20 Å². The first-order chi connectivity index (χ1) is 9.79. The summed E-state index contributed by atoms with van der Waals surface area (Å²) in [5, 5.41) is 8.89. The first-order valence-electron chi connectivity index (χ1n) is 6.09. The summed E-state index contributed by atoms with van der Waals surface area (Å²) in [5.41, 5.74) is 1.80. The van der Waals surface area contributed by atoms with Gasteiger partial charge in [0.15, 0.2) is 0 Å². The van der Waals surface area contributed by atoms with E-state index in [4.69, 9.17) is 5.11 Å². The van der Waals surface area contributed by atoms with Crippen LogP contribution in [0.15, 0.2) is 41.4 Å². The molecule has 2 aromatic rings. The molecule has 1 aromatic heterocycles. The number of nitrogens with one attached hydrogen (secondary N) is 1. The predicted octanol–water partition coefficient (Wildman–Crippen LogP) is 2.20. The van der Waals surface area contributed by atoms with Crippen molar-refractivity contribution in [3.8, 4) is 0 Å². The van der Waals surface area contributed by atoms with E-state index in [0.29, 0.717) is 0 Å². The number of nitrogens with zero attached hydrogens (tertiary/aromatic N) is 1. The van der Waals surface area contributed by atoms with Crippen molar-refractivity contribution in [1.29, 1.82) is 0 Å². The maximum atomic E-state index is 12.2. The maximum absolute atomic E-state index is 12.2. The van der Waals surface area contributed by atoms with Gasteiger partial charge in [0.2, 0.25) is 0 Å². The van der Waals surface area contributed by atoms with E-state index in [1.54, 1.807) is 12.1 Å². The quantitative estimate of drug-likeness (QED) is 0.902. The smallest absolute Gasteiger partial charge is 0.335 e. The fraction of sp³-hybridized carbons (Fsp3) is 0.143. The fourth-order valence-electron chi connectivity index (χ4n) is 1.70. The second-order valence-corrected chi connectivity index (χ2v) is 6.27. The average Bonchev–Trinajstić information content (AvgIpc) is 2.41. The highest BCUT2D eigenvalue weighted by atomic mass is 32.2. The highest BCUT2D eigenvalue weighted by Gasteiger charge is 2.16. The molecule has 2 rings (SSSR count). The molecular formula is C14H14N2O4S. The van der Waals surface area contributed by atoms with Gasteiger partial charge >= 0.3 is 5.97 Å². The van der Waals surface area contributed by atoms with Gasteiger partial charge in [0.05, 0.1) is 10.5 Å². The van der Waals surface area contributed by atoms with Gasteiger partial charge in [-0.25, -0.2) is 18.2 Å². The van der Waals surface area contributed by atoms with Crippen molar-refractivity contribution in [2.75, 3.05) is 4.72 Å². The molecule has 2 N–H and O–H groups in total. The SMILES string of the molecule is Cc1ccc(S(=O)(=O)Nc2cc(C(=O)O)ccn2)cc1C. The molecule has 0 spiro atoms. The Morgan fingerprint density at radius 3 is 2.48 bits per heavy atom. The molecule has 7 heteroatoms. The van der Waals surface area contributed by atoms with E-state index in [2.05, 4.69) is 9.71 Å². The molecule has 0 unspecified atom stereocenters. The van der Waals surface area contributed by atoms with Crippen LogP contribution in [0.1, 0.15) is 21.5 Å². The molecule has 0 atom stereocenters. The van der Waals surface area contributed by atoms with Gasteiger partial charge in [-0.3, -0.25) is 4.72 Å². The normalized spacial score (nSPS) is 11.1. The molecule has 0 bridgehead atoms. The van der Waals surface area contributed by atoms with E-state index in [1.165, 1.54) is 24.4 Å². The van der Waals surface area contributed by atoms with Crippen LogP contribution in [0.3, 0.4) is 0 Å². The van der Waals surface area contributed by atoms with Crippen LogP contribution >= 0.6 is 0 Å². The van der Waals surface area contributed by atoms with E-state index in [9.17, 15) is 13.2 Å². The van der Waals surface area contributed by atoms with Crippen molar-refractivity contribution in [3.05, 3.63) is 53.2 Å². The molecule has 0 saturated heterocycles. The van der Waals surface area contributed by atoms with Crippen molar-refractivity contribution in [1.82, 2.24) is 4.98 Å². The molecule has 0 aliphatic rings. The Bertz CT molecular complexity index is 800. The molecule has 6 nitrogen and oxygen atoms in total. The number of anilines is 1. The third kappa shape index (κ3) is 3.38. The average molecular weight is 306 g/mol. The number of carboxylic acid groups (broad SMARTS) is 1. The summed E-state index contributed by atoms with van der Waals surface area (Å²) in [6, 6.07) is 7.21. The van der Waals surface area contributed by atoms with Gasteiger partial charge in [0.1, 0.15) is 5.82 Å². The monoisotopic (exact) mass is 306 g/mol. The lowest BCUT2D eigenvalue weighted by atomic mass is 10.1. The molecule has 0 aliphatic carbocycles. The Morgan fingerprint density at radius 2 is 1.86 bits per heavy atom. The van der Waals surface area contributed by atoms with Crippen LogP contribution in [0.5, 0.6) is 0 Å². The predicted molar refractivity (Wildman–Crippen MR) is 77.9 cm³/mol. The highest BCUT2D eigenvalue weighted by Crippen LogP contribution is 2.18. The zero-order chi connectivity index (χ0) is 15.6. The molecular weight excluding hydrogens is 292 g/mol. The number of hydrogen-bond acceptors (Lipinski definition) is 4.